The molecule has 2 atom stereocenters. The molecule has 0 amide bonds. The number of likely N-dealkylation sites (N-methyl/N-ethyl adjacent to an activating group) is 2. The van der Waals surface area contributed by atoms with E-state index in [-0.39, 0.29) is 0 Å². The van der Waals surface area contributed by atoms with Gasteiger partial charge in [0.2, 0.25) is 0 Å². The fourth-order valence-electron chi connectivity index (χ4n) is 2.00. The van der Waals surface area contributed by atoms with E-state index in [0.717, 1.165) is 12.1 Å². The van der Waals surface area contributed by atoms with Gasteiger partial charge in [0.15, 0.2) is 0 Å². The van der Waals surface area contributed by atoms with Crippen LogP contribution in [0, 0.1) is 0 Å². The van der Waals surface area contributed by atoms with Gasteiger partial charge < -0.3 is 9.80 Å². The lowest BCUT2D eigenvalue weighted by molar-refractivity contribution is 0.0600. The van der Waals surface area contributed by atoms with E-state index < -0.39 is 0 Å². The summed E-state index contributed by atoms with van der Waals surface area (Å²) in [4.78, 5) is 4.93. The normalized spacial score (nSPS) is 36.0. The molecule has 1 fully saturated rings. The molecule has 0 aromatic rings. The van der Waals surface area contributed by atoms with Crippen LogP contribution in [0.3, 0.4) is 0 Å². The molecule has 0 aromatic heterocycles. The fraction of sp³-hybridized carbons (Fsp3) is 1.00. The monoisotopic (exact) mass is 156 g/mol. The average molecular weight is 156 g/mol. The molecule has 66 valence electrons. The molecule has 0 N–H and O–H groups in total. The maximum absolute atomic E-state index is 2.48. The number of hydrogen-bond acceptors (Lipinski definition) is 2. The standard InChI is InChI=1S/C9H20N2/c1-5-9-8(2)10(3)6-7-11(9)4/h8-9H,5-7H2,1-4H3. The summed E-state index contributed by atoms with van der Waals surface area (Å²) in [6, 6.07) is 1.48. The van der Waals surface area contributed by atoms with E-state index in [9.17, 15) is 0 Å². The quantitative estimate of drug-likeness (QED) is 0.559. The zero-order chi connectivity index (χ0) is 8.43. The smallest absolute Gasteiger partial charge is 0.0243 e. The highest BCUT2D eigenvalue weighted by atomic mass is 15.3. The SMILES string of the molecule is CCC1C(C)N(C)CCN1C. The maximum Gasteiger partial charge on any atom is 0.0243 e. The van der Waals surface area contributed by atoms with Gasteiger partial charge >= 0.3 is 0 Å². The molecule has 0 radical (unpaired) electrons. The Morgan fingerprint density at radius 1 is 1.18 bits per heavy atom. The largest absolute Gasteiger partial charge is 0.301 e. The summed E-state index contributed by atoms with van der Waals surface area (Å²) >= 11 is 0. The summed E-state index contributed by atoms with van der Waals surface area (Å²) in [6.07, 6.45) is 1.27. The Hall–Kier alpha value is -0.0800. The predicted molar refractivity (Wildman–Crippen MR) is 48.8 cm³/mol. The lowest BCUT2D eigenvalue weighted by atomic mass is 10.0. The Kier molecular flexibility index (Phi) is 2.90. The van der Waals surface area contributed by atoms with Crippen molar-refractivity contribution < 1.29 is 0 Å². The van der Waals surface area contributed by atoms with Gasteiger partial charge in [-0.3, -0.25) is 0 Å². The van der Waals surface area contributed by atoms with E-state index in [2.05, 4.69) is 37.7 Å². The molecule has 2 unspecified atom stereocenters. The first-order valence-electron chi connectivity index (χ1n) is 4.57. The molecule has 0 aromatic carbocycles. The Morgan fingerprint density at radius 3 is 2.18 bits per heavy atom. The highest BCUT2D eigenvalue weighted by molar-refractivity contribution is 4.84. The van der Waals surface area contributed by atoms with Gasteiger partial charge in [-0.25, -0.2) is 0 Å². The Balaban J connectivity index is 2.55. The van der Waals surface area contributed by atoms with Gasteiger partial charge in [-0.1, -0.05) is 6.92 Å². The molecule has 2 heteroatoms. The molecular formula is C9H20N2. The van der Waals surface area contributed by atoms with Crippen molar-refractivity contribution in [2.45, 2.75) is 32.4 Å². The van der Waals surface area contributed by atoms with Crippen LogP contribution in [0.1, 0.15) is 20.3 Å². The first kappa shape index (κ1) is 9.01. The lowest BCUT2D eigenvalue weighted by Crippen LogP contribution is -2.55. The number of hydrogen-bond donors (Lipinski definition) is 0. The van der Waals surface area contributed by atoms with Crippen LogP contribution in [0.5, 0.6) is 0 Å². The van der Waals surface area contributed by atoms with E-state index in [1.54, 1.807) is 0 Å². The summed E-state index contributed by atoms with van der Waals surface area (Å²) in [5, 5.41) is 0. The minimum absolute atomic E-state index is 0.721. The summed E-state index contributed by atoms with van der Waals surface area (Å²) in [5.74, 6) is 0. The number of piperazine rings is 1. The predicted octanol–water partition coefficient (Wildman–Crippen LogP) is 1.03. The first-order valence-corrected chi connectivity index (χ1v) is 4.57. The van der Waals surface area contributed by atoms with Crippen molar-refractivity contribution in [2.75, 3.05) is 27.2 Å². The molecule has 2 nitrogen and oxygen atoms in total. The topological polar surface area (TPSA) is 6.48 Å². The van der Waals surface area contributed by atoms with Crippen LogP contribution in [0.4, 0.5) is 0 Å². The van der Waals surface area contributed by atoms with Crippen molar-refractivity contribution in [2.24, 2.45) is 0 Å². The molecule has 1 heterocycles. The van der Waals surface area contributed by atoms with Crippen LogP contribution < -0.4 is 0 Å². The zero-order valence-corrected chi connectivity index (χ0v) is 8.17. The van der Waals surface area contributed by atoms with Crippen LogP contribution >= 0.6 is 0 Å². The molecule has 1 saturated heterocycles. The van der Waals surface area contributed by atoms with Crippen LogP contribution in [-0.4, -0.2) is 49.1 Å². The molecule has 0 bridgehead atoms. The minimum atomic E-state index is 0.721. The van der Waals surface area contributed by atoms with E-state index in [1.807, 2.05) is 0 Å². The van der Waals surface area contributed by atoms with Gasteiger partial charge in [0.1, 0.15) is 0 Å². The second-order valence-electron chi connectivity index (χ2n) is 3.68. The highest BCUT2D eigenvalue weighted by Gasteiger charge is 2.27. The van der Waals surface area contributed by atoms with Gasteiger partial charge in [-0.2, -0.15) is 0 Å². The van der Waals surface area contributed by atoms with Gasteiger partial charge in [-0.05, 0) is 27.4 Å². The van der Waals surface area contributed by atoms with Crippen molar-refractivity contribution >= 4 is 0 Å². The van der Waals surface area contributed by atoms with E-state index in [1.165, 1.54) is 19.5 Å². The summed E-state index contributed by atoms with van der Waals surface area (Å²) in [6.45, 7) is 7.04. The Morgan fingerprint density at radius 2 is 1.73 bits per heavy atom. The highest BCUT2D eigenvalue weighted by Crippen LogP contribution is 2.15. The maximum atomic E-state index is 2.48. The molecule has 1 aliphatic heterocycles. The first-order chi connectivity index (χ1) is 5.16. The molecule has 1 rings (SSSR count). The molecule has 0 spiro atoms. The average Bonchev–Trinajstić information content (AvgIpc) is 1.99. The van der Waals surface area contributed by atoms with E-state index >= 15 is 0 Å². The third-order valence-corrected chi connectivity index (χ3v) is 3.04. The second-order valence-corrected chi connectivity index (χ2v) is 3.68. The van der Waals surface area contributed by atoms with Gasteiger partial charge in [-0.15, -0.1) is 0 Å². The van der Waals surface area contributed by atoms with Crippen molar-refractivity contribution in [3.8, 4) is 0 Å². The van der Waals surface area contributed by atoms with Crippen LogP contribution in [-0.2, 0) is 0 Å². The fourth-order valence-corrected chi connectivity index (χ4v) is 2.00. The van der Waals surface area contributed by atoms with E-state index in [4.69, 9.17) is 0 Å². The second kappa shape index (κ2) is 3.55. The lowest BCUT2D eigenvalue weighted by Gasteiger charge is -2.43. The third kappa shape index (κ3) is 1.74. The van der Waals surface area contributed by atoms with E-state index in [0.29, 0.717) is 0 Å². The van der Waals surface area contributed by atoms with Crippen LogP contribution in [0.2, 0.25) is 0 Å². The van der Waals surface area contributed by atoms with Crippen molar-refractivity contribution in [3.63, 3.8) is 0 Å². The van der Waals surface area contributed by atoms with Crippen LogP contribution in [0.25, 0.3) is 0 Å². The summed E-state index contributed by atoms with van der Waals surface area (Å²) in [7, 11) is 4.46. The molecule has 1 aliphatic rings. The van der Waals surface area contributed by atoms with Gasteiger partial charge in [0.05, 0.1) is 0 Å². The van der Waals surface area contributed by atoms with Crippen LogP contribution in [0.15, 0.2) is 0 Å². The molecule has 0 saturated carbocycles. The summed E-state index contributed by atoms with van der Waals surface area (Å²) < 4.78 is 0. The number of rotatable bonds is 1. The molecule has 11 heavy (non-hydrogen) atoms. The zero-order valence-electron chi connectivity index (χ0n) is 8.17. The van der Waals surface area contributed by atoms with Crippen molar-refractivity contribution in [1.29, 1.82) is 0 Å². The Bertz CT molecular complexity index is 125. The molecular weight excluding hydrogens is 136 g/mol. The van der Waals surface area contributed by atoms with Gasteiger partial charge in [0.25, 0.3) is 0 Å². The third-order valence-electron chi connectivity index (χ3n) is 3.04. The Labute approximate surface area is 70.2 Å². The minimum Gasteiger partial charge on any atom is -0.301 e. The summed E-state index contributed by atoms with van der Waals surface area (Å²) in [5.41, 5.74) is 0. The number of nitrogens with zero attached hydrogens (tertiary/aromatic N) is 2. The van der Waals surface area contributed by atoms with Crippen molar-refractivity contribution in [1.82, 2.24) is 9.80 Å². The van der Waals surface area contributed by atoms with Gasteiger partial charge in [0, 0.05) is 25.2 Å². The molecule has 0 aliphatic carbocycles. The van der Waals surface area contributed by atoms with Crippen molar-refractivity contribution in [3.05, 3.63) is 0 Å².